The zero-order valence-electron chi connectivity index (χ0n) is 12.3. The van der Waals surface area contributed by atoms with Crippen molar-refractivity contribution in [1.82, 2.24) is 5.32 Å². The quantitative estimate of drug-likeness (QED) is 0.321. The molecular formula is C17H14ClIN2O2. The predicted octanol–water partition coefficient (Wildman–Crippen LogP) is 4.36. The topological polar surface area (TPSA) is 61.7 Å². The van der Waals surface area contributed by atoms with Gasteiger partial charge in [0.05, 0.1) is 16.3 Å². The first-order valence-electron chi connectivity index (χ1n) is 6.72. The van der Waals surface area contributed by atoms with Crippen LogP contribution in [0.3, 0.4) is 0 Å². The summed E-state index contributed by atoms with van der Waals surface area (Å²) in [5.41, 5.74) is 1.10. The molecule has 2 aromatic rings. The molecule has 2 N–H and O–H groups in total. The summed E-state index contributed by atoms with van der Waals surface area (Å²) in [5.74, 6) is -0.666. The zero-order valence-corrected chi connectivity index (χ0v) is 15.2. The molecule has 6 heteroatoms. The van der Waals surface area contributed by atoms with Gasteiger partial charge in [0, 0.05) is 22.4 Å². The molecular weight excluding hydrogens is 427 g/mol. The van der Waals surface area contributed by atoms with Crippen molar-refractivity contribution in [1.29, 1.82) is 0 Å². The van der Waals surface area contributed by atoms with Crippen LogP contribution < -0.4 is 5.32 Å². The lowest BCUT2D eigenvalue weighted by molar-refractivity contribution is -0.116. The number of nitrogens with one attached hydrogen (secondary N) is 1. The number of aliphatic hydroxyl groups is 1. The number of halogens is 2. The molecule has 1 amide bonds. The van der Waals surface area contributed by atoms with Gasteiger partial charge in [-0.3, -0.25) is 9.79 Å². The maximum atomic E-state index is 12.0. The van der Waals surface area contributed by atoms with Crippen molar-refractivity contribution >= 4 is 57.8 Å². The van der Waals surface area contributed by atoms with Crippen LogP contribution >= 0.6 is 34.2 Å². The van der Waals surface area contributed by atoms with Gasteiger partial charge in [-0.25, -0.2) is 0 Å². The van der Waals surface area contributed by atoms with Crippen LogP contribution in [-0.4, -0.2) is 24.3 Å². The molecule has 0 aliphatic rings. The summed E-state index contributed by atoms with van der Waals surface area (Å²) in [6.45, 7) is 0. The Kier molecular flexibility index (Phi) is 6.18. The van der Waals surface area contributed by atoms with Crippen LogP contribution in [0.25, 0.3) is 5.76 Å². The van der Waals surface area contributed by atoms with Crippen LogP contribution in [0.2, 0.25) is 5.02 Å². The average molecular weight is 441 g/mol. The summed E-state index contributed by atoms with van der Waals surface area (Å²) >= 11 is 8.27. The van der Waals surface area contributed by atoms with Crippen LogP contribution in [0.4, 0.5) is 5.69 Å². The maximum absolute atomic E-state index is 12.0. The lowest BCUT2D eigenvalue weighted by Crippen LogP contribution is -2.22. The van der Waals surface area contributed by atoms with E-state index in [9.17, 15) is 9.90 Å². The molecule has 0 aliphatic heterocycles. The highest BCUT2D eigenvalue weighted by atomic mass is 127. The number of hydrogen-bond acceptors (Lipinski definition) is 3. The number of nitrogens with zero attached hydrogens (tertiary/aromatic N) is 1. The van der Waals surface area contributed by atoms with Crippen molar-refractivity contribution < 1.29 is 9.90 Å². The Labute approximate surface area is 153 Å². The molecule has 0 saturated heterocycles. The fourth-order valence-corrected chi connectivity index (χ4v) is 2.41. The molecule has 0 aromatic heterocycles. The van der Waals surface area contributed by atoms with Gasteiger partial charge in [0.1, 0.15) is 5.76 Å². The van der Waals surface area contributed by atoms with E-state index < -0.39 is 5.91 Å². The fraction of sp³-hybridized carbons (Fsp3) is 0.0588. The molecule has 0 aliphatic carbocycles. The first kappa shape index (κ1) is 17.5. The minimum absolute atomic E-state index is 0.0409. The van der Waals surface area contributed by atoms with Crippen LogP contribution in [0.1, 0.15) is 5.56 Å². The van der Waals surface area contributed by atoms with E-state index >= 15 is 0 Å². The molecule has 118 valence electrons. The summed E-state index contributed by atoms with van der Waals surface area (Å²) in [5, 5.41) is 13.3. The smallest absolute Gasteiger partial charge is 0.256 e. The van der Waals surface area contributed by atoms with E-state index in [1.807, 2.05) is 24.3 Å². The number of benzene rings is 2. The highest BCUT2D eigenvalue weighted by Crippen LogP contribution is 2.24. The summed E-state index contributed by atoms with van der Waals surface area (Å²) in [6.07, 6.45) is 1.33. The average Bonchev–Trinajstić information content (AvgIpc) is 2.56. The molecule has 0 radical (unpaired) electrons. The van der Waals surface area contributed by atoms with Crippen molar-refractivity contribution in [3.05, 3.63) is 68.3 Å². The summed E-state index contributed by atoms with van der Waals surface area (Å²) in [7, 11) is 1.49. The Morgan fingerprint density at radius 1 is 1.22 bits per heavy atom. The molecule has 4 nitrogen and oxygen atoms in total. The first-order chi connectivity index (χ1) is 11.0. The third-order valence-corrected chi connectivity index (χ3v) is 4.07. The first-order valence-corrected chi connectivity index (χ1v) is 8.18. The van der Waals surface area contributed by atoms with E-state index in [0.29, 0.717) is 16.3 Å². The summed E-state index contributed by atoms with van der Waals surface area (Å²) in [6, 6.07) is 14.2. The maximum Gasteiger partial charge on any atom is 0.256 e. The third-order valence-electron chi connectivity index (χ3n) is 3.03. The van der Waals surface area contributed by atoms with E-state index in [-0.39, 0.29) is 11.3 Å². The normalized spacial score (nSPS) is 12.1. The lowest BCUT2D eigenvalue weighted by atomic mass is 10.1. The Hall–Kier alpha value is -1.86. The van der Waals surface area contributed by atoms with Gasteiger partial charge in [-0.15, -0.1) is 0 Å². The Morgan fingerprint density at radius 3 is 2.48 bits per heavy atom. The van der Waals surface area contributed by atoms with E-state index in [1.165, 1.54) is 13.3 Å². The molecule has 2 rings (SSSR count). The standard InChI is InChI=1S/C17H14ClIN2O2/c1-20-17(23)14(10-21-12-8-6-11(19)7-9-12)16(22)13-4-2-3-5-15(13)18/h2-10,22H,1H3,(H,20,23)/b16-14+,21-10?. The molecule has 0 saturated carbocycles. The lowest BCUT2D eigenvalue weighted by Gasteiger charge is -2.07. The van der Waals surface area contributed by atoms with Gasteiger partial charge >= 0.3 is 0 Å². The van der Waals surface area contributed by atoms with Gasteiger partial charge in [-0.2, -0.15) is 0 Å². The molecule has 0 bridgehead atoms. The molecule has 23 heavy (non-hydrogen) atoms. The molecule has 0 atom stereocenters. The van der Waals surface area contributed by atoms with Gasteiger partial charge in [0.25, 0.3) is 5.91 Å². The Balaban J connectivity index is 2.45. The Morgan fingerprint density at radius 2 is 1.87 bits per heavy atom. The second kappa shape index (κ2) is 8.12. The highest BCUT2D eigenvalue weighted by Gasteiger charge is 2.15. The van der Waals surface area contributed by atoms with E-state index in [0.717, 1.165) is 3.57 Å². The van der Waals surface area contributed by atoms with Gasteiger partial charge < -0.3 is 10.4 Å². The molecule has 0 heterocycles. The van der Waals surface area contributed by atoms with Crippen molar-refractivity contribution in [2.75, 3.05) is 7.05 Å². The minimum Gasteiger partial charge on any atom is -0.506 e. The second-order valence-corrected chi connectivity index (χ2v) is 6.21. The van der Waals surface area contributed by atoms with E-state index in [4.69, 9.17) is 11.6 Å². The van der Waals surface area contributed by atoms with Crippen LogP contribution in [0.15, 0.2) is 59.1 Å². The monoisotopic (exact) mass is 440 g/mol. The SMILES string of the molecule is CNC(=O)/C(C=Nc1ccc(I)cc1)=C(/O)c1ccccc1Cl. The van der Waals surface area contributed by atoms with Gasteiger partial charge in [-0.1, -0.05) is 23.7 Å². The highest BCUT2D eigenvalue weighted by molar-refractivity contribution is 14.1. The number of likely N-dealkylation sites (N-methyl/N-ethyl adjacent to an activating group) is 1. The second-order valence-electron chi connectivity index (χ2n) is 4.56. The van der Waals surface area contributed by atoms with Crippen LogP contribution in [-0.2, 0) is 4.79 Å². The third kappa shape index (κ3) is 4.56. The molecule has 0 fully saturated rings. The summed E-state index contributed by atoms with van der Waals surface area (Å²) < 4.78 is 1.09. The number of aliphatic imine (C=N–C) groups is 1. The van der Waals surface area contributed by atoms with Crippen LogP contribution in [0, 0.1) is 3.57 Å². The molecule has 0 unspecified atom stereocenters. The van der Waals surface area contributed by atoms with Crippen LogP contribution in [0.5, 0.6) is 0 Å². The van der Waals surface area contributed by atoms with Crippen molar-refractivity contribution in [2.45, 2.75) is 0 Å². The van der Waals surface area contributed by atoms with Crippen molar-refractivity contribution in [3.63, 3.8) is 0 Å². The number of rotatable bonds is 4. The fourth-order valence-electron chi connectivity index (χ4n) is 1.83. The number of aliphatic hydroxyl groups excluding tert-OH is 1. The van der Waals surface area contributed by atoms with Crippen molar-refractivity contribution in [2.24, 2.45) is 4.99 Å². The van der Waals surface area contributed by atoms with E-state index in [1.54, 1.807) is 24.3 Å². The Bertz CT molecular complexity index is 770. The largest absolute Gasteiger partial charge is 0.506 e. The zero-order chi connectivity index (χ0) is 16.8. The minimum atomic E-state index is -0.448. The number of carbonyl (C=O) groups is 1. The number of carbonyl (C=O) groups excluding carboxylic acids is 1. The summed E-state index contributed by atoms with van der Waals surface area (Å²) in [4.78, 5) is 16.3. The van der Waals surface area contributed by atoms with Gasteiger partial charge in [0.2, 0.25) is 0 Å². The number of amides is 1. The van der Waals surface area contributed by atoms with Crippen molar-refractivity contribution in [3.8, 4) is 0 Å². The van der Waals surface area contributed by atoms with Gasteiger partial charge in [-0.05, 0) is 59.0 Å². The van der Waals surface area contributed by atoms with Gasteiger partial charge in [0.15, 0.2) is 0 Å². The number of hydrogen-bond donors (Lipinski definition) is 2. The van der Waals surface area contributed by atoms with E-state index in [2.05, 4.69) is 32.9 Å². The molecule has 2 aromatic carbocycles. The predicted molar refractivity (Wildman–Crippen MR) is 102 cm³/mol. The molecule has 0 spiro atoms.